The van der Waals surface area contributed by atoms with Crippen LogP contribution in [0.5, 0.6) is 5.88 Å². The Hall–Kier alpha value is -3.57. The molecule has 0 unspecified atom stereocenters. The van der Waals surface area contributed by atoms with Crippen molar-refractivity contribution in [3.63, 3.8) is 0 Å². The van der Waals surface area contributed by atoms with Gasteiger partial charge in [0.25, 0.3) is 5.91 Å². The van der Waals surface area contributed by atoms with Gasteiger partial charge in [0.15, 0.2) is 0 Å². The Morgan fingerprint density at radius 3 is 2.67 bits per heavy atom. The third-order valence-electron chi connectivity index (χ3n) is 8.43. The summed E-state index contributed by atoms with van der Waals surface area (Å²) in [5, 5.41) is 3.81. The number of amides is 3. The Kier molecular flexibility index (Phi) is 6.50. The van der Waals surface area contributed by atoms with Gasteiger partial charge in [-0.1, -0.05) is 13.0 Å². The second-order valence-corrected chi connectivity index (χ2v) is 12.1. The van der Waals surface area contributed by atoms with Crippen LogP contribution in [0.3, 0.4) is 0 Å². The second kappa shape index (κ2) is 9.87. The Morgan fingerprint density at radius 1 is 1.18 bits per heavy atom. The summed E-state index contributed by atoms with van der Waals surface area (Å²) in [6.45, 7) is 5.96. The summed E-state index contributed by atoms with van der Waals surface area (Å²) >= 11 is 1.79. The number of likely N-dealkylation sites (tertiary alicyclic amines) is 1. The fraction of sp³-hybridized carbons (Fsp3) is 0.464. The number of carbonyl (C=O) groups is 3. The molecule has 3 aliphatic rings. The molecule has 11 heteroatoms. The Morgan fingerprint density at radius 2 is 1.97 bits per heavy atom. The number of thiazole rings is 1. The summed E-state index contributed by atoms with van der Waals surface area (Å²) < 4.78 is 6.21. The average Bonchev–Trinajstić information content (AvgIpc) is 3.67. The average molecular weight is 549 g/mol. The first kappa shape index (κ1) is 25.7. The molecule has 1 aromatic carbocycles. The van der Waals surface area contributed by atoms with E-state index in [0.29, 0.717) is 6.54 Å². The molecular formula is C28H32N6O4S. The number of hydrogen-bond acceptors (Lipinski definition) is 8. The molecule has 10 nitrogen and oxygen atoms in total. The molecule has 6 rings (SSSR count). The van der Waals surface area contributed by atoms with Gasteiger partial charge >= 0.3 is 11.8 Å². The predicted octanol–water partition coefficient (Wildman–Crippen LogP) is 3.08. The molecule has 0 aliphatic carbocycles. The molecule has 3 aliphatic heterocycles. The van der Waals surface area contributed by atoms with Crippen molar-refractivity contribution in [1.29, 1.82) is 0 Å². The number of anilines is 1. The van der Waals surface area contributed by atoms with Crippen LogP contribution in [-0.4, -0.2) is 70.8 Å². The first-order valence-electron chi connectivity index (χ1n) is 13.4. The number of nitrogens with two attached hydrogens (primary N) is 1. The second-order valence-electron chi connectivity index (χ2n) is 11.1. The quantitative estimate of drug-likeness (QED) is 0.469. The molecule has 2 atom stereocenters. The van der Waals surface area contributed by atoms with E-state index in [2.05, 4.69) is 40.3 Å². The molecule has 0 radical (unpaired) electrons. The fourth-order valence-corrected chi connectivity index (χ4v) is 7.47. The van der Waals surface area contributed by atoms with Crippen molar-refractivity contribution in [1.82, 2.24) is 19.8 Å². The molecule has 3 fully saturated rings. The van der Waals surface area contributed by atoms with E-state index < -0.39 is 17.7 Å². The number of rotatable bonds is 5. The van der Waals surface area contributed by atoms with Gasteiger partial charge in [-0.15, -0.1) is 11.3 Å². The first-order valence-corrected chi connectivity index (χ1v) is 14.2. The van der Waals surface area contributed by atoms with Crippen molar-refractivity contribution in [2.75, 3.05) is 38.6 Å². The van der Waals surface area contributed by atoms with Gasteiger partial charge in [-0.05, 0) is 68.5 Å². The molecule has 0 saturated carbocycles. The molecule has 3 saturated heterocycles. The third kappa shape index (κ3) is 4.63. The van der Waals surface area contributed by atoms with E-state index in [1.807, 2.05) is 0 Å². The number of ether oxygens (including phenoxy) is 1. The number of fused-ring (bicyclic) bond motifs is 3. The molecular weight excluding hydrogens is 516 g/mol. The van der Waals surface area contributed by atoms with Gasteiger partial charge in [0, 0.05) is 18.5 Å². The number of piperidine rings is 2. The summed E-state index contributed by atoms with van der Waals surface area (Å²) in [5.74, 6) is -1.85. The van der Waals surface area contributed by atoms with E-state index in [9.17, 15) is 14.4 Å². The van der Waals surface area contributed by atoms with Crippen LogP contribution in [0, 0.1) is 5.92 Å². The molecule has 0 spiro atoms. The first-order chi connectivity index (χ1) is 18.8. The number of nitrogens with zero attached hydrogens (tertiary/aromatic N) is 4. The number of carbonyl (C=O) groups excluding carboxylic acids is 3. The number of pyridine rings is 1. The summed E-state index contributed by atoms with van der Waals surface area (Å²) in [6.07, 6.45) is 5.38. The molecule has 204 valence electrons. The zero-order chi connectivity index (χ0) is 27.3. The van der Waals surface area contributed by atoms with Crippen LogP contribution in [0.1, 0.15) is 59.6 Å². The van der Waals surface area contributed by atoms with Crippen molar-refractivity contribution >= 4 is 45.0 Å². The molecule has 2 aromatic heterocycles. The van der Waals surface area contributed by atoms with Gasteiger partial charge in [-0.2, -0.15) is 0 Å². The zero-order valence-electron chi connectivity index (χ0n) is 22.1. The van der Waals surface area contributed by atoms with Crippen molar-refractivity contribution in [3.8, 4) is 5.88 Å². The topological polar surface area (TPSA) is 131 Å². The van der Waals surface area contributed by atoms with Crippen molar-refractivity contribution in [2.45, 2.75) is 44.1 Å². The molecule has 2 bridgehead atoms. The fourth-order valence-electron chi connectivity index (χ4n) is 6.28. The van der Waals surface area contributed by atoms with E-state index in [1.165, 1.54) is 37.2 Å². The van der Waals surface area contributed by atoms with Gasteiger partial charge in [0.1, 0.15) is 10.6 Å². The highest BCUT2D eigenvalue weighted by Gasteiger charge is 2.47. The largest absolute Gasteiger partial charge is 0.480 e. The van der Waals surface area contributed by atoms with E-state index in [0.717, 1.165) is 48.3 Å². The SMILES string of the molecule is COc1ncc(NC(=O)C(=O)N2C[C@@H](C)CC[C@@H]2c2ccc3sc(C45CCN(CC4)C5)nc3c2)cc1C(N)=O. The lowest BCUT2D eigenvalue weighted by Crippen LogP contribution is -2.46. The number of primary amides is 1. The Balaban J connectivity index is 1.24. The zero-order valence-corrected chi connectivity index (χ0v) is 22.9. The van der Waals surface area contributed by atoms with Crippen LogP contribution in [0.2, 0.25) is 0 Å². The molecule has 39 heavy (non-hydrogen) atoms. The number of nitrogens with one attached hydrogen (secondary N) is 1. The highest BCUT2D eigenvalue weighted by molar-refractivity contribution is 7.18. The Bertz CT molecular complexity index is 1460. The summed E-state index contributed by atoms with van der Waals surface area (Å²) in [7, 11) is 1.37. The predicted molar refractivity (Wildman–Crippen MR) is 148 cm³/mol. The maximum atomic E-state index is 13.5. The third-order valence-corrected chi connectivity index (χ3v) is 9.71. The van der Waals surface area contributed by atoms with E-state index >= 15 is 0 Å². The highest BCUT2D eigenvalue weighted by Crippen LogP contribution is 2.46. The lowest BCUT2D eigenvalue weighted by molar-refractivity contribution is -0.146. The molecule has 3 aromatic rings. The highest BCUT2D eigenvalue weighted by atomic mass is 32.1. The maximum absolute atomic E-state index is 13.5. The van der Waals surface area contributed by atoms with Gasteiger partial charge in [-0.25, -0.2) is 9.97 Å². The number of methoxy groups -OCH3 is 1. The lowest BCUT2D eigenvalue weighted by atomic mass is 9.85. The van der Waals surface area contributed by atoms with Gasteiger partial charge in [0.2, 0.25) is 5.88 Å². The molecule has 3 amide bonds. The van der Waals surface area contributed by atoms with Gasteiger partial charge in [-0.3, -0.25) is 14.4 Å². The lowest BCUT2D eigenvalue weighted by Gasteiger charge is -2.38. The van der Waals surface area contributed by atoms with Crippen molar-refractivity contribution in [2.24, 2.45) is 11.7 Å². The van der Waals surface area contributed by atoms with Crippen LogP contribution in [0.4, 0.5) is 5.69 Å². The normalized spacial score (nSPS) is 26.1. The van der Waals surface area contributed by atoms with Crippen LogP contribution in [0.25, 0.3) is 10.2 Å². The Labute approximate surface area is 230 Å². The van der Waals surface area contributed by atoms with Gasteiger partial charge in [0.05, 0.1) is 35.3 Å². The molecule has 5 heterocycles. The van der Waals surface area contributed by atoms with Crippen LogP contribution in [0.15, 0.2) is 30.5 Å². The molecule has 3 N–H and O–H groups in total. The van der Waals surface area contributed by atoms with E-state index in [1.54, 1.807) is 16.2 Å². The minimum Gasteiger partial charge on any atom is -0.480 e. The van der Waals surface area contributed by atoms with E-state index in [-0.39, 0.29) is 34.5 Å². The van der Waals surface area contributed by atoms with E-state index in [4.69, 9.17) is 15.5 Å². The number of benzene rings is 1. The van der Waals surface area contributed by atoms with Crippen molar-refractivity contribution < 1.29 is 19.1 Å². The summed E-state index contributed by atoms with van der Waals surface area (Å²) in [5.41, 5.74) is 7.76. The monoisotopic (exact) mass is 548 g/mol. The minimum absolute atomic E-state index is 0.0191. The van der Waals surface area contributed by atoms with Crippen LogP contribution >= 0.6 is 11.3 Å². The smallest absolute Gasteiger partial charge is 0.313 e. The minimum atomic E-state index is -0.792. The maximum Gasteiger partial charge on any atom is 0.313 e. The van der Waals surface area contributed by atoms with Crippen molar-refractivity contribution in [3.05, 3.63) is 46.6 Å². The van der Waals surface area contributed by atoms with Crippen LogP contribution in [-0.2, 0) is 15.0 Å². The number of aromatic nitrogens is 2. The van der Waals surface area contributed by atoms with Gasteiger partial charge < -0.3 is 25.6 Å². The number of hydrogen-bond donors (Lipinski definition) is 2. The summed E-state index contributed by atoms with van der Waals surface area (Å²) in [6, 6.07) is 7.41. The van der Waals surface area contributed by atoms with Crippen LogP contribution < -0.4 is 15.8 Å². The summed E-state index contributed by atoms with van der Waals surface area (Å²) in [4.78, 5) is 51.6. The standard InChI is InChI=1S/C28H32N6O4S/c1-16-3-5-21(17-4-6-22-20(11-17)32-27(39-22)28-7-9-33(15-28)10-8-28)34(14-16)26(37)24(36)31-18-12-19(23(29)35)25(38-2)30-13-18/h4,6,11-13,16,21H,3,5,7-10,14-15H2,1-2H3,(H2,29,35)(H,31,36)/t16-,21+/m0/s1.